The summed E-state index contributed by atoms with van der Waals surface area (Å²) in [5, 5.41) is 55.2. The van der Waals surface area contributed by atoms with Crippen molar-refractivity contribution in [3.05, 3.63) is 70.8 Å². The zero-order valence-electron chi connectivity index (χ0n) is 56.0. The van der Waals surface area contributed by atoms with Crippen molar-refractivity contribution in [2.24, 2.45) is 55.5 Å². The van der Waals surface area contributed by atoms with Crippen LogP contribution in [0.1, 0.15) is 145 Å². The number of amides is 9. The van der Waals surface area contributed by atoms with E-state index in [1.54, 1.807) is 55.5 Å². The lowest BCUT2D eigenvalue weighted by molar-refractivity contribution is -0.154. The molecule has 540 valence electrons. The largest absolute Gasteiger partial charge is 0.480 e. The number of unbranched alkanes of at least 4 members (excludes halogenated alkanes) is 1. The fourth-order valence-electron chi connectivity index (χ4n) is 15.0. The molecule has 9 amide bonds. The second-order valence-corrected chi connectivity index (χ2v) is 26.7. The average Bonchev–Trinajstić information content (AvgIpc) is 1.50. The summed E-state index contributed by atoms with van der Waals surface area (Å²) in [6.45, 7) is -0.341. The van der Waals surface area contributed by atoms with Crippen molar-refractivity contribution in [2.45, 2.75) is 215 Å². The highest BCUT2D eigenvalue weighted by Crippen LogP contribution is 2.43. The number of aliphatic carboxylic acids is 2. The zero-order chi connectivity index (χ0) is 71.6. The van der Waals surface area contributed by atoms with Gasteiger partial charge in [-0.3, -0.25) is 58.1 Å². The van der Waals surface area contributed by atoms with Gasteiger partial charge in [-0.15, -0.1) is 0 Å². The van der Waals surface area contributed by atoms with Crippen LogP contribution in [-0.4, -0.2) is 222 Å². The molecular formula is C67H97N17O15. The highest BCUT2D eigenvalue weighted by atomic mass is 16.4. The minimum Gasteiger partial charge on any atom is -0.480 e. The Morgan fingerprint density at radius 2 is 0.909 bits per heavy atom. The van der Waals surface area contributed by atoms with Crippen LogP contribution in [0.25, 0.3) is 0 Å². The Labute approximate surface area is 574 Å². The number of carboxylic acid groups (broad SMARTS) is 2. The molecule has 0 radical (unpaired) electrons. The summed E-state index contributed by atoms with van der Waals surface area (Å²) in [7, 11) is 0. The number of amidine groups is 1. The lowest BCUT2D eigenvalue weighted by atomic mass is 9.84. The minimum atomic E-state index is -1.82. The van der Waals surface area contributed by atoms with E-state index in [9.17, 15) is 54.0 Å². The minimum absolute atomic E-state index is 0.0228. The van der Waals surface area contributed by atoms with Crippen LogP contribution in [-0.2, 0) is 78.7 Å². The molecule has 32 nitrogen and oxygen atoms in total. The summed E-state index contributed by atoms with van der Waals surface area (Å²) in [5.41, 5.74) is 30.2. The number of aliphatic hydroxyl groups is 2. The molecule has 99 heavy (non-hydrogen) atoms. The molecule has 4 unspecified atom stereocenters. The van der Waals surface area contributed by atoms with Crippen molar-refractivity contribution < 1.29 is 73.2 Å². The normalized spacial score (nSPS) is 23.2. The first-order chi connectivity index (χ1) is 47.4. The number of likely N-dealkylation sites (tertiary alicyclic amines) is 2. The number of fused-ring (bicyclic) bond motifs is 4. The number of carbonyl (C=O) groups excluding carboxylic acids is 9. The van der Waals surface area contributed by atoms with Gasteiger partial charge in [0.1, 0.15) is 54.4 Å². The van der Waals surface area contributed by atoms with E-state index >= 15 is 19.2 Å². The number of nitrogens with zero attached hydrogens (tertiary/aromatic N) is 7. The van der Waals surface area contributed by atoms with Gasteiger partial charge in [0, 0.05) is 64.1 Å². The van der Waals surface area contributed by atoms with Crippen LogP contribution in [0.2, 0.25) is 0 Å². The van der Waals surface area contributed by atoms with Gasteiger partial charge < -0.3 is 95.3 Å². The van der Waals surface area contributed by atoms with Crippen LogP contribution in [0.3, 0.4) is 0 Å². The van der Waals surface area contributed by atoms with Crippen molar-refractivity contribution in [1.29, 1.82) is 0 Å². The molecule has 2 saturated carbocycles. The second kappa shape index (κ2) is 35.4. The highest BCUT2D eigenvalue weighted by molar-refractivity contribution is 6.00. The molecule has 4 heterocycles. The van der Waals surface area contributed by atoms with E-state index in [0.29, 0.717) is 54.6 Å². The van der Waals surface area contributed by atoms with Crippen LogP contribution in [0.4, 0.5) is 0 Å². The van der Waals surface area contributed by atoms with Crippen molar-refractivity contribution in [2.75, 3.05) is 32.8 Å². The molecule has 2 aliphatic carbocycles. The third kappa shape index (κ3) is 19.5. The SMILES string of the molecule is CC(N)=NCCCCC(=O)N[C@H](CC(=O)N[C@@H](CO)C(=O)N1Cc2ccccc2C[C@@H]1C(=O)N1C2CCCCC2C[C@H]1C(=O)N[C@@H](CCCN=C(N)N)C(=O)O)C(=O)N[C@@H](CO)C(=O)N1Cc2ccccc2C[C@@H]1C(=O)N1C2CCCCC2C[C@H]1C(=O)N[C@@H](CCCN=C(N)N)C(=O)O. The predicted octanol–water partition coefficient (Wildman–Crippen LogP) is -2.16. The van der Waals surface area contributed by atoms with E-state index in [2.05, 4.69) is 41.6 Å². The maximum absolute atomic E-state index is 15.5. The van der Waals surface area contributed by atoms with Crippen LogP contribution in [0.5, 0.6) is 0 Å². The third-order valence-electron chi connectivity index (χ3n) is 19.9. The van der Waals surface area contributed by atoms with Gasteiger partial charge in [-0.2, -0.15) is 0 Å². The summed E-state index contributed by atoms with van der Waals surface area (Å²) in [5.74, 6) is -10.2. The fraction of sp³-hybridized carbons (Fsp3) is 0.612. The summed E-state index contributed by atoms with van der Waals surface area (Å²) < 4.78 is 0. The van der Waals surface area contributed by atoms with E-state index in [1.165, 1.54) is 19.6 Å². The molecular weight excluding hydrogens is 1280 g/mol. The maximum atomic E-state index is 15.5. The first-order valence-corrected chi connectivity index (χ1v) is 34.3. The molecule has 19 N–H and O–H groups in total. The molecule has 0 bridgehead atoms. The average molecular weight is 1380 g/mol. The van der Waals surface area contributed by atoms with E-state index in [1.807, 2.05) is 0 Å². The van der Waals surface area contributed by atoms with Crippen LogP contribution in [0, 0.1) is 11.8 Å². The maximum Gasteiger partial charge on any atom is 0.326 e. The number of hydrogen-bond donors (Lipinski definition) is 14. The summed E-state index contributed by atoms with van der Waals surface area (Å²) >= 11 is 0. The number of aliphatic hydroxyl groups excluding tert-OH is 2. The molecule has 6 aliphatic rings. The van der Waals surface area contributed by atoms with Gasteiger partial charge >= 0.3 is 11.9 Å². The first-order valence-electron chi connectivity index (χ1n) is 34.3. The molecule has 13 atom stereocenters. The van der Waals surface area contributed by atoms with E-state index < -0.39 is 151 Å². The van der Waals surface area contributed by atoms with Crippen LogP contribution in [0.15, 0.2) is 63.5 Å². The van der Waals surface area contributed by atoms with Crippen molar-refractivity contribution in [1.82, 2.24) is 46.2 Å². The molecule has 2 aromatic carbocycles. The monoisotopic (exact) mass is 1380 g/mol. The molecule has 2 aromatic rings. The van der Waals surface area contributed by atoms with Crippen molar-refractivity contribution in [3.8, 4) is 0 Å². The van der Waals surface area contributed by atoms with Crippen LogP contribution >= 0.6 is 0 Å². The lowest BCUT2D eigenvalue weighted by Gasteiger charge is -2.42. The number of nitrogens with one attached hydrogen (secondary N) is 5. The fourth-order valence-corrected chi connectivity index (χ4v) is 15.0. The number of guanidine groups is 2. The Morgan fingerprint density at radius 1 is 0.495 bits per heavy atom. The second-order valence-electron chi connectivity index (χ2n) is 26.7. The Morgan fingerprint density at radius 3 is 1.33 bits per heavy atom. The first kappa shape index (κ1) is 75.3. The van der Waals surface area contributed by atoms with Crippen LogP contribution < -0.4 is 55.3 Å². The summed E-state index contributed by atoms with van der Waals surface area (Å²) in [4.78, 5) is 175. The standard InChI is InChI=1S/C67H97N17O15/c1-37(68)73-25-11-10-24-55(87)76-46(57(89)80-48(36-86)61(93)82-34-43-19-5-3-15-39(43)29-54(82)63(95)84-50-23-9-7-17-41(50)31-52(84)59(91)79-45(65(98)99)21-13-27-75-67(71)72)32-56(88)77-47(35-85)60(92)81-33-42-18-4-2-14-38(42)28-53(81)62(94)83-49-22-8-6-16-40(49)30-51(83)58(90)78-44(64(96)97)20-12-26-74-66(69)70/h2-5,14-15,18-19,40-41,44-54,85-86H,6-13,16-17,20-36H2,1H3,(H2,68,73)(H,76,87)(H,77,88)(H,78,90)(H,79,91)(H,80,89)(H,96,97)(H,98,99)(H4,69,70,74)(H4,71,72,75)/t40?,41?,44-,45-,46+,47-,48-,49?,50?,51-,52-,53+,54+/m0/s1. The third-order valence-corrected chi connectivity index (χ3v) is 19.9. The number of benzene rings is 2. The molecule has 2 saturated heterocycles. The molecule has 32 heteroatoms. The zero-order valence-corrected chi connectivity index (χ0v) is 56.0. The van der Waals surface area contributed by atoms with E-state index in [0.717, 1.165) is 31.2 Å². The van der Waals surface area contributed by atoms with Gasteiger partial charge in [-0.1, -0.05) is 74.2 Å². The van der Waals surface area contributed by atoms with Gasteiger partial charge in [-0.25, -0.2) is 9.59 Å². The number of hydrogen-bond acceptors (Lipinski definition) is 16. The Balaban J connectivity index is 1.03. The molecule has 8 rings (SSSR count). The lowest BCUT2D eigenvalue weighted by Crippen LogP contribution is -2.63. The van der Waals surface area contributed by atoms with E-state index in [4.69, 9.17) is 28.7 Å². The Kier molecular flexibility index (Phi) is 26.9. The number of aliphatic imine (C=N–C) groups is 3. The van der Waals surface area contributed by atoms with Gasteiger partial charge in [-0.05, 0) is 118 Å². The summed E-state index contributed by atoms with van der Waals surface area (Å²) in [6.07, 6.45) is 5.91. The van der Waals surface area contributed by atoms with Gasteiger partial charge in [0.2, 0.25) is 53.2 Å². The Hall–Kier alpha value is -9.46. The highest BCUT2D eigenvalue weighted by Gasteiger charge is 2.54. The summed E-state index contributed by atoms with van der Waals surface area (Å²) in [6, 6.07) is 0.282. The number of nitrogens with two attached hydrogens (primary N) is 5. The van der Waals surface area contributed by atoms with Crippen molar-refractivity contribution in [3.63, 3.8) is 0 Å². The number of rotatable bonds is 31. The number of carbonyl (C=O) groups is 11. The molecule has 0 aromatic heterocycles. The smallest absolute Gasteiger partial charge is 0.326 e. The predicted molar refractivity (Wildman–Crippen MR) is 361 cm³/mol. The molecule has 4 aliphatic heterocycles. The van der Waals surface area contributed by atoms with Gasteiger partial charge in [0.15, 0.2) is 11.9 Å². The van der Waals surface area contributed by atoms with E-state index in [-0.39, 0.29) is 121 Å². The van der Waals surface area contributed by atoms with Crippen molar-refractivity contribution >= 4 is 82.9 Å². The van der Waals surface area contributed by atoms with Gasteiger partial charge in [0.25, 0.3) is 0 Å². The number of carboxylic acids is 2. The molecule has 4 fully saturated rings. The van der Waals surface area contributed by atoms with Gasteiger partial charge in [0.05, 0.1) is 25.5 Å². The Bertz CT molecular complexity index is 3370. The molecule has 0 spiro atoms. The quantitative estimate of drug-likeness (QED) is 0.0217. The topological polar surface area (TPSA) is 509 Å².